The predicted molar refractivity (Wildman–Crippen MR) is 222 cm³/mol. The first-order valence-corrected chi connectivity index (χ1v) is 21.4. The molecule has 348 valence electrons. The number of β-amino-alcohol motifs (C(OH)–C–C–N with tert-alkyl or cyclic N) is 2. The number of nitrogens with zero attached hydrogens (tertiary/aromatic N) is 9. The molecule has 21 nitrogen and oxygen atoms in total. The normalized spacial score (nSPS) is 20.6. The van der Waals surface area contributed by atoms with Crippen molar-refractivity contribution < 1.29 is 58.6 Å². The topological polar surface area (TPSA) is 223 Å². The number of rotatable bonds is 25. The van der Waals surface area contributed by atoms with Crippen molar-refractivity contribution in [3.05, 3.63) is 0 Å². The van der Waals surface area contributed by atoms with Gasteiger partial charge in [-0.15, -0.1) is 0 Å². The number of carboxylic acid groups (broad SMARTS) is 2. The van der Waals surface area contributed by atoms with Gasteiger partial charge < -0.3 is 39.5 Å². The van der Waals surface area contributed by atoms with Gasteiger partial charge in [-0.3, -0.25) is 63.2 Å². The molecule has 2 saturated heterocycles. The molecule has 0 aromatic rings. The van der Waals surface area contributed by atoms with E-state index in [-0.39, 0.29) is 39.3 Å². The zero-order valence-electron chi connectivity index (χ0n) is 36.3. The summed E-state index contributed by atoms with van der Waals surface area (Å²) in [6.45, 7) is 18.2. The molecule has 2 aliphatic rings. The molecule has 2 atom stereocenters. The quantitative estimate of drug-likeness (QED) is 0.0539. The molecule has 0 spiro atoms. The first-order chi connectivity index (χ1) is 28.9. The average Bonchev–Trinajstić information content (AvgIpc) is 3.20. The van der Waals surface area contributed by atoms with Gasteiger partial charge in [-0.25, -0.2) is 0 Å². The summed E-state index contributed by atoms with van der Waals surface area (Å²) >= 11 is 0. The highest BCUT2D eigenvalue weighted by Crippen LogP contribution is 2.13. The molecular formula is C39H75N9O12. The van der Waals surface area contributed by atoms with Crippen LogP contribution in [0.1, 0.15) is 33.6 Å². The molecule has 2 aliphatic heterocycles. The minimum absolute atomic E-state index is 0.0510. The highest BCUT2D eigenvalue weighted by atomic mass is 16.5. The lowest BCUT2D eigenvalue weighted by Crippen LogP contribution is -2.52. The van der Waals surface area contributed by atoms with Crippen molar-refractivity contribution in [3.63, 3.8) is 0 Å². The van der Waals surface area contributed by atoms with Crippen LogP contribution in [0.2, 0.25) is 0 Å². The van der Waals surface area contributed by atoms with E-state index in [1.807, 2.05) is 24.5 Å². The Kier molecular flexibility index (Phi) is 28.0. The number of carbonyl (C=O) groups is 5. The average molecular weight is 862 g/mol. The first kappa shape index (κ1) is 53.0. The number of aliphatic carboxylic acids is 2. The van der Waals surface area contributed by atoms with E-state index in [2.05, 4.69) is 40.4 Å². The van der Waals surface area contributed by atoms with E-state index in [0.29, 0.717) is 144 Å². The molecule has 2 unspecified atom stereocenters. The number of hydrogen-bond donors (Lipinski definition) is 4. The third kappa shape index (κ3) is 23.2. The number of carboxylic acids is 2. The number of hydrogen-bond acceptors (Lipinski definition) is 19. The van der Waals surface area contributed by atoms with Crippen LogP contribution in [0.5, 0.6) is 0 Å². The van der Waals surface area contributed by atoms with Gasteiger partial charge in [0.05, 0.1) is 25.3 Å². The van der Waals surface area contributed by atoms with E-state index >= 15 is 0 Å². The lowest BCUT2D eigenvalue weighted by molar-refractivity contribution is -0.139. The Morgan fingerprint density at radius 3 is 1.05 bits per heavy atom. The van der Waals surface area contributed by atoms with Crippen molar-refractivity contribution >= 4 is 31.4 Å². The van der Waals surface area contributed by atoms with Crippen LogP contribution in [0.3, 0.4) is 0 Å². The maximum Gasteiger partial charge on any atom is 0.317 e. The molecule has 2 heterocycles. The summed E-state index contributed by atoms with van der Waals surface area (Å²) in [5.41, 5.74) is 0. The van der Waals surface area contributed by atoms with Gasteiger partial charge in [-0.2, -0.15) is 0 Å². The van der Waals surface area contributed by atoms with Crippen LogP contribution >= 0.6 is 0 Å². The standard InChI is InChI=1S/C39H75N9O12/c1-4-35(5-2)48(25-36(52)23-41-9-7-40(6-3)8-10-43(27-38(54)55)15-19-45(17-13-41)29-58-32-49)26-37(53)24-42-11-12-44(28-39(56)57)16-20-47(31-60-34-51)22-21-46(18-14-42)30-59-33-50/h32-37,52-53H,4-31H2,1-3H3,(H,54,55)(H,56,57). The Morgan fingerprint density at radius 1 is 0.500 bits per heavy atom. The van der Waals surface area contributed by atoms with Crippen molar-refractivity contribution in [3.8, 4) is 0 Å². The summed E-state index contributed by atoms with van der Waals surface area (Å²) in [7, 11) is 0. The molecule has 0 aliphatic carbocycles. The Hall–Kier alpha value is -3.09. The highest BCUT2D eigenvalue weighted by Gasteiger charge is 2.26. The molecule has 0 bridgehead atoms. The molecule has 60 heavy (non-hydrogen) atoms. The van der Waals surface area contributed by atoms with Crippen LogP contribution in [0.4, 0.5) is 0 Å². The predicted octanol–water partition coefficient (Wildman–Crippen LogP) is -2.78. The fraction of sp³-hybridized carbons (Fsp3) is 0.872. The Balaban J connectivity index is 2.19. The van der Waals surface area contributed by atoms with Crippen LogP contribution in [0, 0.1) is 0 Å². The van der Waals surface area contributed by atoms with Gasteiger partial charge in [0.1, 0.15) is 20.2 Å². The van der Waals surface area contributed by atoms with E-state index in [9.17, 15) is 44.4 Å². The van der Waals surface area contributed by atoms with Gasteiger partial charge in [0, 0.05) is 137 Å². The Bertz CT molecular complexity index is 1200. The number of likely N-dealkylation sites (N-methyl/N-ethyl adjacent to an activating group) is 1. The fourth-order valence-corrected chi connectivity index (χ4v) is 7.76. The van der Waals surface area contributed by atoms with Crippen LogP contribution in [0.15, 0.2) is 0 Å². The minimum Gasteiger partial charge on any atom is -0.480 e. The molecule has 2 fully saturated rings. The van der Waals surface area contributed by atoms with Crippen LogP contribution in [0.25, 0.3) is 0 Å². The van der Waals surface area contributed by atoms with E-state index in [1.165, 1.54) is 0 Å². The summed E-state index contributed by atoms with van der Waals surface area (Å²) in [5.74, 6) is -1.84. The maximum atomic E-state index is 11.8. The van der Waals surface area contributed by atoms with Gasteiger partial charge in [0.15, 0.2) is 0 Å². The maximum absolute atomic E-state index is 11.8. The van der Waals surface area contributed by atoms with E-state index in [4.69, 9.17) is 14.2 Å². The lowest BCUT2D eigenvalue weighted by atomic mass is 10.1. The zero-order valence-corrected chi connectivity index (χ0v) is 36.3. The SMILES string of the molecule is CCC(CC)N(CC(O)CN1CCN(CC)CCN(CC(=O)O)CCN(COC=O)CC1)CC(O)CN1CCN(COC=O)CCN(COC=O)CCN(CC(=O)O)CC1. The Morgan fingerprint density at radius 2 is 0.783 bits per heavy atom. The summed E-state index contributed by atoms with van der Waals surface area (Å²) in [6.07, 6.45) is 0.121. The first-order valence-electron chi connectivity index (χ1n) is 21.4. The van der Waals surface area contributed by atoms with E-state index < -0.39 is 24.1 Å². The number of ether oxygens (including phenoxy) is 3. The smallest absolute Gasteiger partial charge is 0.317 e. The molecule has 0 aromatic carbocycles. The number of carbonyl (C=O) groups excluding carboxylic acids is 3. The summed E-state index contributed by atoms with van der Waals surface area (Å²) in [6, 6.07) is 0.111. The Labute approximate surface area is 356 Å². The van der Waals surface area contributed by atoms with Crippen LogP contribution in [-0.4, -0.2) is 285 Å². The molecular weight excluding hydrogens is 786 g/mol. The van der Waals surface area contributed by atoms with Crippen molar-refractivity contribution in [1.29, 1.82) is 0 Å². The van der Waals surface area contributed by atoms with Crippen LogP contribution < -0.4 is 0 Å². The second kappa shape index (κ2) is 31.7. The van der Waals surface area contributed by atoms with Crippen LogP contribution in [-0.2, 0) is 38.2 Å². The molecule has 4 N–H and O–H groups in total. The van der Waals surface area contributed by atoms with Gasteiger partial charge >= 0.3 is 11.9 Å². The largest absolute Gasteiger partial charge is 0.480 e. The van der Waals surface area contributed by atoms with Crippen molar-refractivity contribution in [2.45, 2.75) is 51.9 Å². The molecule has 0 amide bonds. The number of aliphatic hydroxyl groups excluding tert-OH is 2. The number of aliphatic hydroxyl groups is 2. The summed E-state index contributed by atoms with van der Waals surface area (Å²) in [4.78, 5) is 74.7. The summed E-state index contributed by atoms with van der Waals surface area (Å²) in [5, 5.41) is 42.4. The third-order valence-electron chi connectivity index (χ3n) is 11.3. The highest BCUT2D eigenvalue weighted by molar-refractivity contribution is 5.69. The lowest BCUT2D eigenvalue weighted by Gasteiger charge is -2.37. The fourth-order valence-electron chi connectivity index (χ4n) is 7.76. The third-order valence-corrected chi connectivity index (χ3v) is 11.3. The summed E-state index contributed by atoms with van der Waals surface area (Å²) < 4.78 is 15.2. The van der Waals surface area contributed by atoms with E-state index in [1.54, 1.807) is 0 Å². The van der Waals surface area contributed by atoms with Gasteiger partial charge in [0.2, 0.25) is 0 Å². The zero-order chi connectivity index (χ0) is 44.1. The van der Waals surface area contributed by atoms with Gasteiger partial charge in [-0.1, -0.05) is 20.8 Å². The van der Waals surface area contributed by atoms with Crippen molar-refractivity contribution in [2.75, 3.05) is 171 Å². The molecule has 21 heteroatoms. The van der Waals surface area contributed by atoms with E-state index in [0.717, 1.165) is 25.9 Å². The van der Waals surface area contributed by atoms with Crippen molar-refractivity contribution in [2.24, 2.45) is 0 Å². The molecule has 0 aromatic heterocycles. The minimum atomic E-state index is -0.954. The molecule has 0 radical (unpaired) electrons. The van der Waals surface area contributed by atoms with Gasteiger partial charge in [0.25, 0.3) is 19.4 Å². The second-order valence-electron chi connectivity index (χ2n) is 15.6. The second-order valence-corrected chi connectivity index (χ2v) is 15.6. The monoisotopic (exact) mass is 862 g/mol. The molecule has 2 rings (SSSR count). The van der Waals surface area contributed by atoms with Crippen molar-refractivity contribution in [1.82, 2.24) is 44.1 Å². The molecule has 0 saturated carbocycles. The van der Waals surface area contributed by atoms with Gasteiger partial charge in [-0.05, 0) is 19.4 Å².